The van der Waals surface area contributed by atoms with Crippen LogP contribution in [0.25, 0.3) is 0 Å². The van der Waals surface area contributed by atoms with Crippen LogP contribution < -0.4 is 10.1 Å². The molecule has 0 saturated carbocycles. The molecule has 2 amide bonds. The minimum Gasteiger partial charge on any atom is -0.496 e. The molecule has 0 atom stereocenters. The number of methoxy groups -OCH3 is 1. The van der Waals surface area contributed by atoms with Crippen LogP contribution in [0, 0.1) is 0 Å². The van der Waals surface area contributed by atoms with Crippen LogP contribution >= 0.6 is 11.6 Å². The Balaban J connectivity index is 3.01. The molecule has 0 unspecified atom stereocenters. The molecule has 0 aliphatic rings. The summed E-state index contributed by atoms with van der Waals surface area (Å²) in [6.45, 7) is 5.93. The van der Waals surface area contributed by atoms with Crippen molar-refractivity contribution in [3.8, 4) is 5.75 Å². The predicted molar refractivity (Wildman–Crippen MR) is 81.4 cm³/mol. The van der Waals surface area contributed by atoms with Gasteiger partial charge in [-0.25, -0.2) is 9.59 Å². The van der Waals surface area contributed by atoms with Crippen molar-refractivity contribution in [3.63, 3.8) is 0 Å². The van der Waals surface area contributed by atoms with Gasteiger partial charge in [-0.2, -0.15) is 0 Å². The van der Waals surface area contributed by atoms with E-state index in [0.717, 1.165) is 5.57 Å². The number of ether oxygens (including phenoxy) is 1. The van der Waals surface area contributed by atoms with E-state index in [1.165, 1.54) is 24.1 Å². The highest BCUT2D eigenvalue weighted by Crippen LogP contribution is 2.31. The Morgan fingerprint density at radius 3 is 2.57 bits per heavy atom. The second kappa shape index (κ2) is 6.99. The van der Waals surface area contributed by atoms with E-state index in [2.05, 4.69) is 11.9 Å². The van der Waals surface area contributed by atoms with Crippen molar-refractivity contribution in [2.75, 3.05) is 26.0 Å². The number of carboxylic acids is 1. The lowest BCUT2D eigenvalue weighted by atomic mass is 10.2. The Labute approximate surface area is 128 Å². The number of carbonyl (C=O) groups is 2. The van der Waals surface area contributed by atoms with Gasteiger partial charge in [0.15, 0.2) is 0 Å². The number of halogens is 1. The smallest absolute Gasteiger partial charge is 0.339 e. The first kappa shape index (κ1) is 16.8. The molecule has 2 N–H and O–H groups in total. The van der Waals surface area contributed by atoms with Gasteiger partial charge in [-0.1, -0.05) is 23.8 Å². The normalized spacial score (nSPS) is 9.90. The van der Waals surface area contributed by atoms with E-state index in [4.69, 9.17) is 21.4 Å². The second-order valence-electron chi connectivity index (χ2n) is 4.58. The lowest BCUT2D eigenvalue weighted by molar-refractivity contribution is 0.0693. The average Bonchev–Trinajstić information content (AvgIpc) is 2.39. The van der Waals surface area contributed by atoms with Crippen molar-refractivity contribution >= 4 is 29.3 Å². The number of likely N-dealkylation sites (N-methyl/N-ethyl adjacent to an activating group) is 1. The van der Waals surface area contributed by atoms with E-state index in [1.807, 2.05) is 0 Å². The summed E-state index contributed by atoms with van der Waals surface area (Å²) in [5, 5.41) is 11.8. The fourth-order valence-corrected chi connectivity index (χ4v) is 1.88. The third kappa shape index (κ3) is 4.39. The first-order valence-electron chi connectivity index (χ1n) is 6.03. The molecule has 0 aliphatic carbocycles. The summed E-state index contributed by atoms with van der Waals surface area (Å²) < 4.78 is 4.99. The molecule has 1 rings (SSSR count). The van der Waals surface area contributed by atoms with E-state index in [1.54, 1.807) is 14.0 Å². The molecule has 0 spiro atoms. The second-order valence-corrected chi connectivity index (χ2v) is 4.99. The quantitative estimate of drug-likeness (QED) is 0.819. The van der Waals surface area contributed by atoms with Crippen LogP contribution in [0.15, 0.2) is 24.3 Å². The molecule has 0 aromatic heterocycles. The molecule has 1 aromatic rings. The summed E-state index contributed by atoms with van der Waals surface area (Å²) >= 11 is 5.99. The van der Waals surface area contributed by atoms with Crippen LogP contribution in [-0.2, 0) is 0 Å². The molecule has 0 saturated heterocycles. The molecule has 21 heavy (non-hydrogen) atoms. The van der Waals surface area contributed by atoms with Gasteiger partial charge in [0.1, 0.15) is 11.3 Å². The highest BCUT2D eigenvalue weighted by atomic mass is 35.5. The van der Waals surface area contributed by atoms with E-state index in [9.17, 15) is 9.59 Å². The number of hydrogen-bond acceptors (Lipinski definition) is 3. The van der Waals surface area contributed by atoms with Crippen molar-refractivity contribution in [3.05, 3.63) is 34.9 Å². The van der Waals surface area contributed by atoms with Crippen LogP contribution in [0.1, 0.15) is 17.3 Å². The Morgan fingerprint density at radius 2 is 2.10 bits per heavy atom. The molecule has 7 heteroatoms. The summed E-state index contributed by atoms with van der Waals surface area (Å²) in [5.41, 5.74) is 1.03. The van der Waals surface area contributed by atoms with Crippen LogP contribution in [0.2, 0.25) is 5.02 Å². The van der Waals surface area contributed by atoms with Crippen LogP contribution in [0.4, 0.5) is 10.5 Å². The lowest BCUT2D eigenvalue weighted by Gasteiger charge is -2.19. The Hall–Kier alpha value is -2.21. The van der Waals surface area contributed by atoms with Gasteiger partial charge < -0.3 is 20.1 Å². The van der Waals surface area contributed by atoms with E-state index >= 15 is 0 Å². The molecule has 6 nitrogen and oxygen atoms in total. The number of hydrogen-bond donors (Lipinski definition) is 2. The summed E-state index contributed by atoms with van der Waals surface area (Å²) in [6, 6.07) is 2.22. The maximum Gasteiger partial charge on any atom is 0.339 e. The molecule has 1 aromatic carbocycles. The molecule has 0 heterocycles. The van der Waals surface area contributed by atoms with Gasteiger partial charge in [0.05, 0.1) is 17.8 Å². The molecule has 114 valence electrons. The molecular weight excluding hydrogens is 296 g/mol. The number of nitrogens with one attached hydrogen (secondary N) is 1. The summed E-state index contributed by atoms with van der Waals surface area (Å²) in [7, 11) is 2.95. The number of urea groups is 1. The maximum atomic E-state index is 12.0. The van der Waals surface area contributed by atoms with E-state index < -0.39 is 5.97 Å². The Bertz CT molecular complexity index is 587. The van der Waals surface area contributed by atoms with E-state index in [-0.39, 0.29) is 28.1 Å². The minimum atomic E-state index is -1.16. The summed E-state index contributed by atoms with van der Waals surface area (Å²) in [4.78, 5) is 24.5. The fourth-order valence-electron chi connectivity index (χ4n) is 1.67. The largest absolute Gasteiger partial charge is 0.496 e. The number of benzene rings is 1. The molecule has 0 fully saturated rings. The first-order chi connectivity index (χ1) is 9.76. The Kier molecular flexibility index (Phi) is 5.60. The van der Waals surface area contributed by atoms with Gasteiger partial charge in [0.2, 0.25) is 0 Å². The number of amides is 2. The third-order valence-corrected chi connectivity index (χ3v) is 2.93. The number of rotatable bonds is 5. The summed E-state index contributed by atoms with van der Waals surface area (Å²) in [6.07, 6.45) is 0. The third-order valence-electron chi connectivity index (χ3n) is 2.61. The zero-order valence-corrected chi connectivity index (χ0v) is 12.8. The van der Waals surface area contributed by atoms with Crippen LogP contribution in [-0.4, -0.2) is 42.7 Å². The summed E-state index contributed by atoms with van der Waals surface area (Å²) in [5.74, 6) is -1.05. The number of anilines is 1. The van der Waals surface area contributed by atoms with E-state index in [0.29, 0.717) is 6.54 Å². The fraction of sp³-hybridized carbons (Fsp3) is 0.286. The lowest BCUT2D eigenvalue weighted by Crippen LogP contribution is -2.32. The number of carboxylic acid groups (broad SMARTS) is 1. The highest BCUT2D eigenvalue weighted by Gasteiger charge is 2.17. The SMILES string of the molecule is C=C(C)CN(C)C(=O)Nc1cc(OC)c(C(=O)O)cc1Cl. The highest BCUT2D eigenvalue weighted by molar-refractivity contribution is 6.34. The minimum absolute atomic E-state index is 0.0733. The molecule has 0 aliphatic heterocycles. The van der Waals surface area contributed by atoms with Gasteiger partial charge in [-0.05, 0) is 13.0 Å². The Morgan fingerprint density at radius 1 is 1.48 bits per heavy atom. The van der Waals surface area contributed by atoms with Gasteiger partial charge in [-0.3, -0.25) is 0 Å². The van der Waals surface area contributed by atoms with Gasteiger partial charge in [-0.15, -0.1) is 0 Å². The van der Waals surface area contributed by atoms with Gasteiger partial charge in [0.25, 0.3) is 0 Å². The van der Waals surface area contributed by atoms with Crippen molar-refractivity contribution in [1.29, 1.82) is 0 Å². The molecule has 0 radical (unpaired) electrons. The zero-order chi connectivity index (χ0) is 16.2. The monoisotopic (exact) mass is 312 g/mol. The van der Waals surface area contributed by atoms with Crippen molar-refractivity contribution in [2.24, 2.45) is 0 Å². The standard InChI is InChI=1S/C14H17ClN2O4/c1-8(2)7-17(3)14(20)16-11-6-12(21-4)9(13(18)19)5-10(11)15/h5-6H,1,7H2,2-4H3,(H,16,20)(H,18,19). The predicted octanol–water partition coefficient (Wildman–Crippen LogP) is 3.09. The first-order valence-corrected chi connectivity index (χ1v) is 6.41. The zero-order valence-electron chi connectivity index (χ0n) is 12.1. The molecular formula is C14H17ClN2O4. The van der Waals surface area contributed by atoms with Crippen LogP contribution in [0.5, 0.6) is 5.75 Å². The topological polar surface area (TPSA) is 78.9 Å². The van der Waals surface area contributed by atoms with Gasteiger partial charge in [0, 0.05) is 19.7 Å². The number of nitrogens with zero attached hydrogens (tertiary/aromatic N) is 1. The number of aromatic carboxylic acids is 1. The molecule has 0 bridgehead atoms. The van der Waals surface area contributed by atoms with Crippen molar-refractivity contribution < 1.29 is 19.4 Å². The maximum absolute atomic E-state index is 12.0. The van der Waals surface area contributed by atoms with Crippen molar-refractivity contribution in [2.45, 2.75) is 6.92 Å². The average molecular weight is 313 g/mol. The van der Waals surface area contributed by atoms with Crippen molar-refractivity contribution in [1.82, 2.24) is 4.90 Å². The van der Waals surface area contributed by atoms with Gasteiger partial charge >= 0.3 is 12.0 Å². The van der Waals surface area contributed by atoms with Crippen LogP contribution in [0.3, 0.4) is 0 Å². The number of carbonyl (C=O) groups excluding carboxylic acids is 1.